The van der Waals surface area contributed by atoms with Crippen LogP contribution in [0.5, 0.6) is 0 Å². The first-order valence-electron chi connectivity index (χ1n) is 9.49. The van der Waals surface area contributed by atoms with Crippen LogP contribution in [0.4, 0.5) is 10.8 Å². The van der Waals surface area contributed by atoms with Crippen LogP contribution in [0.3, 0.4) is 0 Å². The summed E-state index contributed by atoms with van der Waals surface area (Å²) in [7, 11) is 0. The summed E-state index contributed by atoms with van der Waals surface area (Å²) in [6.07, 6.45) is 6.61. The third-order valence-electron chi connectivity index (χ3n) is 5.25. The average Bonchev–Trinajstić information content (AvgIpc) is 3.20. The maximum atomic E-state index is 5.57. The van der Waals surface area contributed by atoms with Crippen molar-refractivity contribution in [3.63, 3.8) is 0 Å². The monoisotopic (exact) mass is 387 g/mol. The summed E-state index contributed by atoms with van der Waals surface area (Å²) in [5, 5.41) is 15.4. The molecule has 0 radical (unpaired) electrons. The SMILES string of the molecule is S=C(Nc1ccccc1)N1CCN(c2nnc(C3CCCCC3)s2)CC1. The van der Waals surface area contributed by atoms with Crippen LogP contribution in [0.1, 0.15) is 43.0 Å². The summed E-state index contributed by atoms with van der Waals surface area (Å²) < 4.78 is 0. The van der Waals surface area contributed by atoms with Gasteiger partial charge in [0, 0.05) is 37.8 Å². The van der Waals surface area contributed by atoms with E-state index in [4.69, 9.17) is 12.2 Å². The Kier molecular flexibility index (Phi) is 5.65. The van der Waals surface area contributed by atoms with E-state index in [1.54, 1.807) is 11.3 Å². The Balaban J connectivity index is 1.31. The molecular formula is C19H25N5S2. The first-order chi connectivity index (χ1) is 12.8. The number of nitrogens with one attached hydrogen (secondary N) is 1. The molecule has 0 amide bonds. The molecule has 0 unspecified atom stereocenters. The Morgan fingerprint density at radius 2 is 1.73 bits per heavy atom. The Labute approximate surface area is 164 Å². The topological polar surface area (TPSA) is 44.3 Å². The van der Waals surface area contributed by atoms with Crippen molar-refractivity contribution >= 4 is 39.5 Å². The predicted molar refractivity (Wildman–Crippen MR) is 112 cm³/mol. The van der Waals surface area contributed by atoms with Gasteiger partial charge in [0.05, 0.1) is 0 Å². The van der Waals surface area contributed by atoms with Crippen molar-refractivity contribution in [2.24, 2.45) is 0 Å². The summed E-state index contributed by atoms with van der Waals surface area (Å²) in [6.45, 7) is 3.71. The van der Waals surface area contributed by atoms with E-state index in [9.17, 15) is 0 Å². The van der Waals surface area contributed by atoms with E-state index in [1.165, 1.54) is 37.1 Å². The molecule has 26 heavy (non-hydrogen) atoms. The number of thiocarbonyl (C=S) groups is 1. The minimum absolute atomic E-state index is 0.638. The van der Waals surface area contributed by atoms with Gasteiger partial charge in [-0.15, -0.1) is 10.2 Å². The van der Waals surface area contributed by atoms with Gasteiger partial charge in [-0.25, -0.2) is 0 Å². The minimum Gasteiger partial charge on any atom is -0.345 e. The maximum absolute atomic E-state index is 5.57. The summed E-state index contributed by atoms with van der Waals surface area (Å²) in [6, 6.07) is 10.1. The fourth-order valence-electron chi connectivity index (χ4n) is 3.69. The standard InChI is InChI=1S/C19H25N5S2/c25-18(20-16-9-5-2-6-10-16)23-11-13-24(14-12-23)19-22-21-17(26-19)15-7-3-1-4-8-15/h2,5-6,9-10,15H,1,3-4,7-8,11-14H2,(H,20,25). The van der Waals surface area contributed by atoms with E-state index in [-0.39, 0.29) is 0 Å². The molecule has 0 bridgehead atoms. The van der Waals surface area contributed by atoms with Crippen molar-refractivity contribution in [3.8, 4) is 0 Å². The smallest absolute Gasteiger partial charge is 0.208 e. The van der Waals surface area contributed by atoms with Gasteiger partial charge in [-0.1, -0.05) is 48.8 Å². The second kappa shape index (κ2) is 8.31. The van der Waals surface area contributed by atoms with E-state index >= 15 is 0 Å². The number of anilines is 2. The van der Waals surface area contributed by atoms with E-state index in [0.29, 0.717) is 5.92 Å². The molecule has 2 fully saturated rings. The molecule has 4 rings (SSSR count). The second-order valence-corrected chi connectivity index (χ2v) is 8.40. The molecule has 5 nitrogen and oxygen atoms in total. The highest BCUT2D eigenvalue weighted by Gasteiger charge is 2.24. The van der Waals surface area contributed by atoms with E-state index in [0.717, 1.165) is 42.1 Å². The normalized spacial score (nSPS) is 18.8. The third kappa shape index (κ3) is 4.15. The van der Waals surface area contributed by atoms with Crippen LogP contribution in [-0.4, -0.2) is 46.4 Å². The summed E-state index contributed by atoms with van der Waals surface area (Å²) in [5.41, 5.74) is 1.04. The highest BCUT2D eigenvalue weighted by Crippen LogP contribution is 2.36. The first-order valence-corrected chi connectivity index (χ1v) is 10.7. The predicted octanol–water partition coefficient (Wildman–Crippen LogP) is 4.10. The van der Waals surface area contributed by atoms with Crippen LogP contribution >= 0.6 is 23.6 Å². The quantitative estimate of drug-likeness (QED) is 0.800. The molecule has 2 aromatic rings. The van der Waals surface area contributed by atoms with Crippen LogP contribution in [0.15, 0.2) is 30.3 Å². The highest BCUT2D eigenvalue weighted by molar-refractivity contribution is 7.80. The highest BCUT2D eigenvalue weighted by atomic mass is 32.1. The molecule has 138 valence electrons. The molecule has 0 spiro atoms. The van der Waals surface area contributed by atoms with Gasteiger partial charge in [0.2, 0.25) is 5.13 Å². The number of para-hydroxylation sites is 1. The molecule has 7 heteroatoms. The first kappa shape index (κ1) is 17.7. The Morgan fingerprint density at radius 1 is 1.00 bits per heavy atom. The fourth-order valence-corrected chi connectivity index (χ4v) is 5.06. The molecule has 1 N–H and O–H groups in total. The van der Waals surface area contributed by atoms with Crippen LogP contribution < -0.4 is 10.2 Å². The summed E-state index contributed by atoms with van der Waals surface area (Å²) >= 11 is 7.37. The van der Waals surface area contributed by atoms with Crippen LogP contribution in [-0.2, 0) is 0 Å². The Bertz CT molecular complexity index is 719. The molecular weight excluding hydrogens is 362 g/mol. The average molecular weight is 388 g/mol. The lowest BCUT2D eigenvalue weighted by Crippen LogP contribution is -2.50. The lowest BCUT2D eigenvalue weighted by Gasteiger charge is -2.35. The summed E-state index contributed by atoms with van der Waals surface area (Å²) in [4.78, 5) is 4.59. The molecule has 2 aliphatic rings. The zero-order valence-electron chi connectivity index (χ0n) is 14.9. The molecule has 1 saturated heterocycles. The number of hydrogen-bond donors (Lipinski definition) is 1. The number of piperazine rings is 1. The Morgan fingerprint density at radius 3 is 2.46 bits per heavy atom. The lowest BCUT2D eigenvalue weighted by atomic mass is 9.90. The van der Waals surface area contributed by atoms with Crippen molar-refractivity contribution in [3.05, 3.63) is 35.3 Å². The van der Waals surface area contributed by atoms with Gasteiger partial charge in [0.25, 0.3) is 0 Å². The van der Waals surface area contributed by atoms with Crippen molar-refractivity contribution in [1.29, 1.82) is 0 Å². The molecule has 1 aromatic carbocycles. The number of hydrogen-bond acceptors (Lipinski definition) is 5. The van der Waals surface area contributed by atoms with Gasteiger partial charge in [-0.05, 0) is 37.2 Å². The van der Waals surface area contributed by atoms with Gasteiger partial charge in [-0.3, -0.25) is 0 Å². The zero-order chi connectivity index (χ0) is 17.8. The minimum atomic E-state index is 0.638. The van der Waals surface area contributed by atoms with Gasteiger partial charge in [0.15, 0.2) is 5.11 Å². The largest absolute Gasteiger partial charge is 0.345 e. The van der Waals surface area contributed by atoms with Crippen molar-refractivity contribution in [1.82, 2.24) is 15.1 Å². The number of benzene rings is 1. The lowest BCUT2D eigenvalue weighted by molar-refractivity contribution is 0.390. The fraction of sp³-hybridized carbons (Fsp3) is 0.526. The van der Waals surface area contributed by atoms with Crippen LogP contribution in [0.2, 0.25) is 0 Å². The van der Waals surface area contributed by atoms with Gasteiger partial charge in [-0.2, -0.15) is 0 Å². The number of nitrogens with zero attached hydrogens (tertiary/aromatic N) is 4. The van der Waals surface area contributed by atoms with Crippen molar-refractivity contribution < 1.29 is 0 Å². The van der Waals surface area contributed by atoms with Crippen molar-refractivity contribution in [2.45, 2.75) is 38.0 Å². The van der Waals surface area contributed by atoms with E-state index in [1.807, 2.05) is 30.3 Å². The van der Waals surface area contributed by atoms with Crippen LogP contribution in [0, 0.1) is 0 Å². The van der Waals surface area contributed by atoms with Gasteiger partial charge in [0.1, 0.15) is 5.01 Å². The Hall–Kier alpha value is -1.73. The molecule has 1 saturated carbocycles. The second-order valence-electron chi connectivity index (χ2n) is 7.03. The molecule has 1 aliphatic carbocycles. The number of rotatable bonds is 3. The third-order valence-corrected chi connectivity index (χ3v) is 6.75. The number of aromatic nitrogens is 2. The molecule has 1 aromatic heterocycles. The van der Waals surface area contributed by atoms with Gasteiger partial charge >= 0.3 is 0 Å². The molecule has 0 atom stereocenters. The van der Waals surface area contributed by atoms with E-state index < -0.39 is 0 Å². The summed E-state index contributed by atoms with van der Waals surface area (Å²) in [5.74, 6) is 0.638. The van der Waals surface area contributed by atoms with E-state index in [2.05, 4.69) is 25.3 Å². The van der Waals surface area contributed by atoms with Crippen molar-refractivity contribution in [2.75, 3.05) is 36.4 Å². The molecule has 2 heterocycles. The van der Waals surface area contributed by atoms with Crippen LogP contribution in [0.25, 0.3) is 0 Å². The zero-order valence-corrected chi connectivity index (χ0v) is 16.6. The molecule has 1 aliphatic heterocycles. The van der Waals surface area contributed by atoms with Gasteiger partial charge < -0.3 is 15.1 Å². The maximum Gasteiger partial charge on any atom is 0.208 e.